The van der Waals surface area contributed by atoms with Crippen LogP contribution in [-0.2, 0) is 15.8 Å². The van der Waals surface area contributed by atoms with E-state index in [4.69, 9.17) is 12.2 Å². The van der Waals surface area contributed by atoms with Crippen LogP contribution in [0.1, 0.15) is 18.4 Å². The number of nitrogen functional groups attached to an aromatic ring is 1. The van der Waals surface area contributed by atoms with E-state index in [1.807, 2.05) is 0 Å². The van der Waals surface area contributed by atoms with E-state index < -0.39 is 10.0 Å². The van der Waals surface area contributed by atoms with Crippen molar-refractivity contribution in [3.63, 3.8) is 0 Å². The number of nitrogens with two attached hydrogens (primary N) is 1. The monoisotopic (exact) mass is 252 g/mol. The number of rotatable bonds is 6. The number of unbranched alkanes of at least 4 members (excludes halogenated alkanes) is 1. The molecule has 1 aromatic rings. The number of hydrogen-bond donors (Lipinski definition) is 2. The summed E-state index contributed by atoms with van der Waals surface area (Å²) >= 11 is 0. The highest BCUT2D eigenvalue weighted by Crippen LogP contribution is 2.08. The summed E-state index contributed by atoms with van der Waals surface area (Å²) < 4.78 is 25.8. The molecule has 4 nitrogen and oxygen atoms in total. The average molecular weight is 252 g/mol. The van der Waals surface area contributed by atoms with Crippen LogP contribution in [0.15, 0.2) is 24.3 Å². The van der Waals surface area contributed by atoms with Crippen LogP contribution in [0.3, 0.4) is 0 Å². The van der Waals surface area contributed by atoms with Gasteiger partial charge in [0.15, 0.2) is 0 Å². The molecular formula is C12H16N2O2S. The zero-order chi connectivity index (χ0) is 12.7. The van der Waals surface area contributed by atoms with Crippen molar-refractivity contribution < 1.29 is 8.42 Å². The van der Waals surface area contributed by atoms with Gasteiger partial charge in [-0.05, 0) is 24.1 Å². The van der Waals surface area contributed by atoms with Gasteiger partial charge in [0, 0.05) is 18.7 Å². The molecule has 17 heavy (non-hydrogen) atoms. The molecule has 0 aliphatic carbocycles. The Labute approximate surface area is 102 Å². The summed E-state index contributed by atoms with van der Waals surface area (Å²) in [5.41, 5.74) is 6.85. The van der Waals surface area contributed by atoms with Gasteiger partial charge in [0.05, 0.1) is 5.75 Å². The Hall–Kier alpha value is -1.51. The van der Waals surface area contributed by atoms with Gasteiger partial charge in [-0.1, -0.05) is 12.1 Å². The molecule has 0 heterocycles. The van der Waals surface area contributed by atoms with E-state index in [-0.39, 0.29) is 5.75 Å². The lowest BCUT2D eigenvalue weighted by atomic mass is 10.2. The highest BCUT2D eigenvalue weighted by molar-refractivity contribution is 7.88. The predicted octanol–water partition coefficient (Wildman–Crippen LogP) is 1.10. The maximum atomic E-state index is 11.7. The number of hydrogen-bond acceptors (Lipinski definition) is 3. The van der Waals surface area contributed by atoms with E-state index in [1.165, 1.54) is 0 Å². The fraction of sp³-hybridized carbons (Fsp3) is 0.333. The number of anilines is 1. The van der Waals surface area contributed by atoms with Gasteiger partial charge in [0.25, 0.3) is 0 Å². The number of terminal acetylenes is 1. The second kappa shape index (κ2) is 6.28. The van der Waals surface area contributed by atoms with E-state index in [2.05, 4.69) is 10.6 Å². The average Bonchev–Trinajstić information content (AvgIpc) is 2.27. The van der Waals surface area contributed by atoms with Crippen molar-refractivity contribution in [2.45, 2.75) is 18.6 Å². The molecule has 1 rings (SSSR count). The number of nitrogens with one attached hydrogen (secondary N) is 1. The summed E-state index contributed by atoms with van der Waals surface area (Å²) in [6.45, 7) is 0.376. The lowest BCUT2D eigenvalue weighted by molar-refractivity contribution is 0.579. The molecule has 0 spiro atoms. The van der Waals surface area contributed by atoms with Crippen molar-refractivity contribution in [2.75, 3.05) is 12.3 Å². The van der Waals surface area contributed by atoms with E-state index in [9.17, 15) is 8.42 Å². The van der Waals surface area contributed by atoms with Crippen molar-refractivity contribution in [1.82, 2.24) is 4.72 Å². The van der Waals surface area contributed by atoms with Crippen molar-refractivity contribution in [2.24, 2.45) is 0 Å². The molecule has 0 aromatic heterocycles. The zero-order valence-electron chi connectivity index (χ0n) is 9.52. The topological polar surface area (TPSA) is 72.2 Å². The molecule has 0 bridgehead atoms. The van der Waals surface area contributed by atoms with Gasteiger partial charge in [0.2, 0.25) is 10.0 Å². The van der Waals surface area contributed by atoms with E-state index in [0.29, 0.717) is 30.6 Å². The van der Waals surface area contributed by atoms with Gasteiger partial charge >= 0.3 is 0 Å². The van der Waals surface area contributed by atoms with Gasteiger partial charge in [-0.25, -0.2) is 13.1 Å². The second-order valence-corrected chi connectivity index (χ2v) is 5.51. The predicted molar refractivity (Wildman–Crippen MR) is 69.5 cm³/mol. The minimum Gasteiger partial charge on any atom is -0.399 e. The molecule has 92 valence electrons. The second-order valence-electron chi connectivity index (χ2n) is 3.70. The fourth-order valence-electron chi connectivity index (χ4n) is 1.30. The zero-order valence-corrected chi connectivity index (χ0v) is 10.3. The van der Waals surface area contributed by atoms with Crippen LogP contribution in [0.2, 0.25) is 0 Å². The first kappa shape index (κ1) is 13.6. The lowest BCUT2D eigenvalue weighted by Crippen LogP contribution is -2.26. The van der Waals surface area contributed by atoms with Crippen molar-refractivity contribution >= 4 is 15.7 Å². The third-order valence-corrected chi connectivity index (χ3v) is 3.51. The number of benzene rings is 1. The largest absolute Gasteiger partial charge is 0.399 e. The highest BCUT2D eigenvalue weighted by atomic mass is 32.2. The summed E-state index contributed by atoms with van der Waals surface area (Å²) in [6, 6.07) is 6.78. The highest BCUT2D eigenvalue weighted by Gasteiger charge is 2.10. The Balaban J connectivity index is 2.49. The summed E-state index contributed by atoms with van der Waals surface area (Å²) in [7, 11) is -3.29. The van der Waals surface area contributed by atoms with Gasteiger partial charge in [-0.15, -0.1) is 12.3 Å². The minimum absolute atomic E-state index is 0.0384. The van der Waals surface area contributed by atoms with Crippen LogP contribution in [-0.4, -0.2) is 15.0 Å². The van der Waals surface area contributed by atoms with Gasteiger partial charge in [-0.2, -0.15) is 0 Å². The van der Waals surface area contributed by atoms with Gasteiger partial charge in [-0.3, -0.25) is 0 Å². The van der Waals surface area contributed by atoms with Gasteiger partial charge < -0.3 is 5.73 Å². The Morgan fingerprint density at radius 3 is 2.53 bits per heavy atom. The van der Waals surface area contributed by atoms with E-state index in [0.717, 1.165) is 0 Å². The number of sulfonamides is 1. The molecule has 0 radical (unpaired) electrons. The molecule has 0 aliphatic rings. The standard InChI is InChI=1S/C12H16N2O2S/c1-2-3-4-9-14-17(15,16)10-11-5-7-12(13)8-6-11/h1,5-8,14H,3-4,9-10,13H2. The van der Waals surface area contributed by atoms with Crippen LogP contribution in [0, 0.1) is 12.3 Å². The summed E-state index contributed by atoms with van der Waals surface area (Å²) in [5, 5.41) is 0. The first-order chi connectivity index (χ1) is 8.03. The summed E-state index contributed by atoms with van der Waals surface area (Å²) in [5.74, 6) is 2.42. The van der Waals surface area contributed by atoms with Crippen LogP contribution in [0.4, 0.5) is 5.69 Å². The molecule has 0 fully saturated rings. The fourth-order valence-corrected chi connectivity index (χ4v) is 2.49. The molecule has 0 saturated heterocycles. The van der Waals surface area contributed by atoms with Crippen LogP contribution < -0.4 is 10.5 Å². The third-order valence-electron chi connectivity index (χ3n) is 2.16. The lowest BCUT2D eigenvalue weighted by Gasteiger charge is -2.06. The van der Waals surface area contributed by atoms with Crippen molar-refractivity contribution in [3.05, 3.63) is 29.8 Å². The molecule has 1 aromatic carbocycles. The molecule has 0 unspecified atom stereocenters. The van der Waals surface area contributed by atoms with Crippen molar-refractivity contribution in [3.8, 4) is 12.3 Å². The first-order valence-electron chi connectivity index (χ1n) is 5.29. The Bertz CT molecular complexity index is 486. The van der Waals surface area contributed by atoms with Gasteiger partial charge in [0.1, 0.15) is 0 Å². The quantitative estimate of drug-likeness (QED) is 0.452. The van der Waals surface area contributed by atoms with E-state index >= 15 is 0 Å². The molecule has 0 saturated carbocycles. The smallest absolute Gasteiger partial charge is 0.215 e. The molecular weight excluding hydrogens is 236 g/mol. The Morgan fingerprint density at radius 2 is 1.94 bits per heavy atom. The summed E-state index contributed by atoms with van der Waals surface area (Å²) in [4.78, 5) is 0. The third kappa shape index (κ3) is 5.38. The van der Waals surface area contributed by atoms with Crippen molar-refractivity contribution in [1.29, 1.82) is 0 Å². The van der Waals surface area contributed by atoms with Crippen LogP contribution >= 0.6 is 0 Å². The Kier molecular flexibility index (Phi) is 5.01. The maximum absolute atomic E-state index is 11.7. The molecule has 0 amide bonds. The minimum atomic E-state index is -3.29. The molecule has 3 N–H and O–H groups in total. The van der Waals surface area contributed by atoms with Crippen LogP contribution in [0.5, 0.6) is 0 Å². The first-order valence-corrected chi connectivity index (χ1v) is 6.94. The maximum Gasteiger partial charge on any atom is 0.215 e. The SMILES string of the molecule is C#CCCCNS(=O)(=O)Cc1ccc(N)cc1. The molecule has 5 heteroatoms. The normalized spacial score (nSPS) is 11.0. The van der Waals surface area contributed by atoms with E-state index in [1.54, 1.807) is 24.3 Å². The van der Waals surface area contributed by atoms with Crippen LogP contribution in [0.25, 0.3) is 0 Å². The molecule has 0 atom stereocenters. The Morgan fingerprint density at radius 1 is 1.29 bits per heavy atom. The molecule has 0 aliphatic heterocycles. The summed E-state index contributed by atoms with van der Waals surface area (Å²) in [6.07, 6.45) is 6.30.